The summed E-state index contributed by atoms with van der Waals surface area (Å²) in [4.78, 5) is 16.8. The van der Waals surface area contributed by atoms with Crippen molar-refractivity contribution in [2.45, 2.75) is 13.3 Å². The van der Waals surface area contributed by atoms with Gasteiger partial charge in [0.25, 0.3) is 0 Å². The lowest BCUT2D eigenvalue weighted by Crippen LogP contribution is -2.06. The van der Waals surface area contributed by atoms with Gasteiger partial charge in [-0.3, -0.25) is 9.78 Å². The normalized spacial score (nSPS) is 10.8. The van der Waals surface area contributed by atoms with Gasteiger partial charge in [0, 0.05) is 23.6 Å². The average molecular weight is 279 g/mol. The van der Waals surface area contributed by atoms with Crippen LogP contribution in [0.3, 0.4) is 0 Å². The fourth-order valence-electron chi connectivity index (χ4n) is 2.47. The number of benzene rings is 2. The maximum absolute atomic E-state index is 13.1. The fraction of sp³-hybridized carbons (Fsp3) is 0.111. The van der Waals surface area contributed by atoms with Crippen LogP contribution in [0.25, 0.3) is 10.9 Å². The van der Waals surface area contributed by atoms with Gasteiger partial charge in [-0.1, -0.05) is 24.3 Å². The Morgan fingerprint density at radius 3 is 2.81 bits per heavy atom. The molecule has 1 heterocycles. The second-order valence-corrected chi connectivity index (χ2v) is 5.05. The van der Waals surface area contributed by atoms with Crippen molar-refractivity contribution in [1.29, 1.82) is 0 Å². The molecular weight excluding hydrogens is 265 g/mol. The van der Waals surface area contributed by atoms with Gasteiger partial charge in [-0.2, -0.15) is 0 Å². The van der Waals surface area contributed by atoms with Crippen molar-refractivity contribution in [3.63, 3.8) is 0 Å². The topological polar surface area (TPSA) is 30.0 Å². The number of hydrogen-bond acceptors (Lipinski definition) is 2. The van der Waals surface area contributed by atoms with Gasteiger partial charge in [-0.15, -0.1) is 0 Å². The summed E-state index contributed by atoms with van der Waals surface area (Å²) in [5, 5.41) is 0.852. The summed E-state index contributed by atoms with van der Waals surface area (Å²) in [7, 11) is 0. The molecule has 2 nitrogen and oxygen atoms in total. The van der Waals surface area contributed by atoms with E-state index in [-0.39, 0.29) is 18.0 Å². The molecule has 2 aromatic carbocycles. The Balaban J connectivity index is 1.97. The maximum Gasteiger partial charge on any atom is 0.167 e. The number of Topliss-reactive ketones (excluding diaryl/α,β-unsaturated/α-hetero) is 1. The molecule has 0 aliphatic carbocycles. The largest absolute Gasteiger partial charge is 0.294 e. The molecule has 21 heavy (non-hydrogen) atoms. The van der Waals surface area contributed by atoms with E-state index >= 15 is 0 Å². The standard InChI is InChI=1S/C18H14FNO/c1-12-10-14(19)8-7-13(12)11-18(21)16-4-2-6-17-15(16)5-3-9-20-17/h2-10H,11H2,1H3. The molecule has 0 spiro atoms. The molecule has 0 radical (unpaired) electrons. The van der Waals surface area contributed by atoms with Gasteiger partial charge in [0.05, 0.1) is 5.52 Å². The van der Waals surface area contributed by atoms with E-state index in [9.17, 15) is 9.18 Å². The predicted molar refractivity (Wildman–Crippen MR) is 80.9 cm³/mol. The van der Waals surface area contributed by atoms with E-state index in [1.165, 1.54) is 12.1 Å². The van der Waals surface area contributed by atoms with Crippen LogP contribution in [0.15, 0.2) is 54.7 Å². The molecule has 0 aliphatic rings. The van der Waals surface area contributed by atoms with Gasteiger partial charge in [0.15, 0.2) is 5.78 Å². The van der Waals surface area contributed by atoms with Crippen molar-refractivity contribution < 1.29 is 9.18 Å². The van der Waals surface area contributed by atoms with Gasteiger partial charge >= 0.3 is 0 Å². The molecule has 3 rings (SSSR count). The van der Waals surface area contributed by atoms with E-state index < -0.39 is 0 Å². The number of ketones is 1. The number of aromatic nitrogens is 1. The molecule has 3 heteroatoms. The van der Waals surface area contributed by atoms with Crippen molar-refractivity contribution in [2.24, 2.45) is 0 Å². The SMILES string of the molecule is Cc1cc(F)ccc1CC(=O)c1cccc2ncccc12. The first-order valence-electron chi connectivity index (χ1n) is 6.77. The van der Waals surface area contributed by atoms with Crippen LogP contribution in [0.2, 0.25) is 0 Å². The van der Waals surface area contributed by atoms with E-state index in [0.717, 1.165) is 22.0 Å². The number of rotatable bonds is 3. The Labute approximate surface area is 122 Å². The Morgan fingerprint density at radius 1 is 1.14 bits per heavy atom. The minimum absolute atomic E-state index is 0.0170. The first kappa shape index (κ1) is 13.4. The highest BCUT2D eigenvalue weighted by molar-refractivity contribution is 6.08. The van der Waals surface area contributed by atoms with Crippen molar-refractivity contribution in [2.75, 3.05) is 0 Å². The Morgan fingerprint density at radius 2 is 2.00 bits per heavy atom. The highest BCUT2D eigenvalue weighted by Crippen LogP contribution is 2.20. The van der Waals surface area contributed by atoms with Crippen LogP contribution in [0, 0.1) is 12.7 Å². The first-order valence-corrected chi connectivity index (χ1v) is 6.77. The first-order chi connectivity index (χ1) is 10.1. The summed E-state index contributed by atoms with van der Waals surface area (Å²) in [5.74, 6) is -0.263. The van der Waals surface area contributed by atoms with Crippen LogP contribution < -0.4 is 0 Å². The third kappa shape index (κ3) is 2.68. The van der Waals surface area contributed by atoms with Crippen LogP contribution in [0.1, 0.15) is 21.5 Å². The summed E-state index contributed by atoms with van der Waals surface area (Å²) < 4.78 is 13.1. The van der Waals surface area contributed by atoms with Crippen LogP contribution in [0.5, 0.6) is 0 Å². The van der Waals surface area contributed by atoms with Gasteiger partial charge < -0.3 is 0 Å². The van der Waals surface area contributed by atoms with Gasteiger partial charge in [-0.25, -0.2) is 4.39 Å². The molecule has 0 N–H and O–H groups in total. The molecule has 104 valence electrons. The number of fused-ring (bicyclic) bond motifs is 1. The number of hydrogen-bond donors (Lipinski definition) is 0. The minimum atomic E-state index is -0.280. The molecule has 1 aromatic heterocycles. The van der Waals surface area contributed by atoms with Crippen molar-refractivity contribution >= 4 is 16.7 Å². The maximum atomic E-state index is 13.1. The zero-order valence-electron chi connectivity index (χ0n) is 11.6. The van der Waals surface area contributed by atoms with E-state index in [1.54, 1.807) is 12.3 Å². The third-order valence-electron chi connectivity index (χ3n) is 3.60. The second-order valence-electron chi connectivity index (χ2n) is 5.05. The van der Waals surface area contributed by atoms with E-state index in [0.29, 0.717) is 5.56 Å². The number of aryl methyl sites for hydroxylation is 1. The molecule has 0 saturated carbocycles. The lowest BCUT2D eigenvalue weighted by Gasteiger charge is -2.07. The molecule has 0 amide bonds. The molecule has 0 aliphatic heterocycles. The van der Waals surface area contributed by atoms with Crippen LogP contribution >= 0.6 is 0 Å². The highest BCUT2D eigenvalue weighted by Gasteiger charge is 2.12. The second kappa shape index (κ2) is 5.44. The lowest BCUT2D eigenvalue weighted by molar-refractivity contribution is 0.0994. The lowest BCUT2D eigenvalue weighted by atomic mass is 9.97. The molecule has 0 saturated heterocycles. The molecule has 0 bridgehead atoms. The quantitative estimate of drug-likeness (QED) is 0.675. The average Bonchev–Trinajstić information content (AvgIpc) is 2.49. The fourth-order valence-corrected chi connectivity index (χ4v) is 2.47. The number of pyridine rings is 1. The number of carbonyl (C=O) groups excluding carboxylic acids is 1. The minimum Gasteiger partial charge on any atom is -0.294 e. The predicted octanol–water partition coefficient (Wildman–Crippen LogP) is 4.11. The van der Waals surface area contributed by atoms with Crippen molar-refractivity contribution in [3.8, 4) is 0 Å². The summed E-state index contributed by atoms with van der Waals surface area (Å²) in [6, 6.07) is 13.8. The number of nitrogens with zero attached hydrogens (tertiary/aromatic N) is 1. The van der Waals surface area contributed by atoms with Crippen LogP contribution in [0.4, 0.5) is 4.39 Å². The smallest absolute Gasteiger partial charge is 0.167 e. The molecule has 0 fully saturated rings. The number of carbonyl (C=O) groups is 1. The summed E-state index contributed by atoms with van der Waals surface area (Å²) >= 11 is 0. The summed E-state index contributed by atoms with van der Waals surface area (Å²) in [6.07, 6.45) is 1.97. The molecule has 0 atom stereocenters. The van der Waals surface area contributed by atoms with Gasteiger partial charge in [-0.05, 0) is 42.3 Å². The van der Waals surface area contributed by atoms with Crippen LogP contribution in [-0.2, 0) is 6.42 Å². The van der Waals surface area contributed by atoms with E-state index in [4.69, 9.17) is 0 Å². The van der Waals surface area contributed by atoms with Gasteiger partial charge in [0.2, 0.25) is 0 Å². The third-order valence-corrected chi connectivity index (χ3v) is 3.60. The molecule has 3 aromatic rings. The highest BCUT2D eigenvalue weighted by atomic mass is 19.1. The zero-order chi connectivity index (χ0) is 14.8. The van der Waals surface area contributed by atoms with Crippen molar-refractivity contribution in [3.05, 3.63) is 77.2 Å². The monoisotopic (exact) mass is 279 g/mol. The van der Waals surface area contributed by atoms with E-state index in [1.807, 2.05) is 37.3 Å². The Hall–Kier alpha value is -2.55. The summed E-state index contributed by atoms with van der Waals surface area (Å²) in [5.41, 5.74) is 3.10. The Kier molecular flexibility index (Phi) is 3.48. The van der Waals surface area contributed by atoms with Gasteiger partial charge in [0.1, 0.15) is 5.82 Å². The molecular formula is C18H14FNO. The molecule has 0 unspecified atom stereocenters. The Bertz CT molecular complexity index is 821. The van der Waals surface area contributed by atoms with Crippen LogP contribution in [-0.4, -0.2) is 10.8 Å². The number of halogens is 1. The summed E-state index contributed by atoms with van der Waals surface area (Å²) in [6.45, 7) is 1.82. The van der Waals surface area contributed by atoms with Crippen molar-refractivity contribution in [1.82, 2.24) is 4.98 Å². The van der Waals surface area contributed by atoms with E-state index in [2.05, 4.69) is 4.98 Å². The zero-order valence-corrected chi connectivity index (χ0v) is 11.6.